The summed E-state index contributed by atoms with van der Waals surface area (Å²) in [5.41, 5.74) is 3.65. The maximum atomic E-state index is 4.35. The summed E-state index contributed by atoms with van der Waals surface area (Å²) in [6, 6.07) is 11.2. The largest absolute Gasteiger partial charge is 0.377 e. The predicted octanol–water partition coefficient (Wildman–Crippen LogP) is 4.80. The molecule has 0 saturated carbocycles. The number of aryl methyl sites for hydroxylation is 1. The Morgan fingerprint density at radius 1 is 1.37 bits per heavy atom. The van der Waals surface area contributed by atoms with Crippen molar-refractivity contribution >= 4 is 33.4 Å². The molecule has 1 aliphatic heterocycles. The summed E-state index contributed by atoms with van der Waals surface area (Å²) in [4.78, 5) is 5.75. The molecule has 98 valence electrons. The number of thioether (sulfide) groups is 1. The van der Waals surface area contributed by atoms with Crippen molar-refractivity contribution in [3.63, 3.8) is 0 Å². The number of benzene rings is 1. The van der Waals surface area contributed by atoms with E-state index in [1.165, 1.54) is 10.5 Å². The highest BCUT2D eigenvalue weighted by molar-refractivity contribution is 9.10. The van der Waals surface area contributed by atoms with E-state index in [0.717, 1.165) is 28.0 Å². The van der Waals surface area contributed by atoms with Gasteiger partial charge in [0.05, 0.1) is 17.9 Å². The number of rotatable bonds is 2. The minimum atomic E-state index is 0.389. The fourth-order valence-corrected chi connectivity index (χ4v) is 3.67. The summed E-state index contributed by atoms with van der Waals surface area (Å²) in [5, 5.41) is 3.61. The van der Waals surface area contributed by atoms with Gasteiger partial charge in [-0.1, -0.05) is 18.2 Å². The van der Waals surface area contributed by atoms with E-state index in [1.54, 1.807) is 0 Å². The molecule has 0 spiro atoms. The SMILES string of the molecule is Cc1cc(NC2CCSc3ccccc32)cnc1Br. The second-order valence-corrected chi connectivity index (χ2v) is 6.59. The quantitative estimate of drug-likeness (QED) is 0.798. The lowest BCUT2D eigenvalue weighted by Crippen LogP contribution is -2.16. The van der Waals surface area contributed by atoms with Gasteiger partial charge in [0.25, 0.3) is 0 Å². The van der Waals surface area contributed by atoms with Crippen molar-refractivity contribution in [1.82, 2.24) is 4.98 Å². The molecule has 0 fully saturated rings. The number of hydrogen-bond donors (Lipinski definition) is 1. The molecular weight excluding hydrogens is 320 g/mol. The van der Waals surface area contributed by atoms with Crippen LogP contribution >= 0.6 is 27.7 Å². The number of pyridine rings is 1. The number of aromatic nitrogens is 1. The Morgan fingerprint density at radius 2 is 2.21 bits per heavy atom. The van der Waals surface area contributed by atoms with Gasteiger partial charge in [-0.2, -0.15) is 0 Å². The summed E-state index contributed by atoms with van der Waals surface area (Å²) >= 11 is 5.38. The van der Waals surface area contributed by atoms with Crippen molar-refractivity contribution in [3.05, 3.63) is 52.3 Å². The lowest BCUT2D eigenvalue weighted by molar-refractivity contribution is 0.728. The molecule has 1 unspecified atom stereocenters. The van der Waals surface area contributed by atoms with Crippen LogP contribution in [-0.2, 0) is 0 Å². The highest BCUT2D eigenvalue weighted by Gasteiger charge is 2.20. The van der Waals surface area contributed by atoms with Gasteiger partial charge in [-0.25, -0.2) is 4.98 Å². The van der Waals surface area contributed by atoms with Gasteiger partial charge in [0.2, 0.25) is 0 Å². The van der Waals surface area contributed by atoms with Gasteiger partial charge in [0, 0.05) is 10.6 Å². The molecule has 0 aliphatic carbocycles. The van der Waals surface area contributed by atoms with E-state index in [0.29, 0.717) is 6.04 Å². The molecule has 0 amide bonds. The molecule has 0 radical (unpaired) electrons. The van der Waals surface area contributed by atoms with Gasteiger partial charge in [-0.3, -0.25) is 0 Å². The zero-order valence-electron chi connectivity index (χ0n) is 10.7. The Labute approximate surface area is 126 Å². The van der Waals surface area contributed by atoms with Crippen LogP contribution in [0.2, 0.25) is 0 Å². The molecule has 1 N–H and O–H groups in total. The minimum absolute atomic E-state index is 0.389. The summed E-state index contributed by atoms with van der Waals surface area (Å²) in [6.45, 7) is 2.06. The maximum absolute atomic E-state index is 4.35. The lowest BCUT2D eigenvalue weighted by atomic mass is 10.0. The molecule has 0 bridgehead atoms. The molecule has 1 aliphatic rings. The van der Waals surface area contributed by atoms with E-state index < -0.39 is 0 Å². The number of nitrogens with zero attached hydrogens (tertiary/aromatic N) is 1. The smallest absolute Gasteiger partial charge is 0.109 e. The number of anilines is 1. The Morgan fingerprint density at radius 3 is 3.05 bits per heavy atom. The highest BCUT2D eigenvalue weighted by atomic mass is 79.9. The number of hydrogen-bond acceptors (Lipinski definition) is 3. The average Bonchev–Trinajstić information content (AvgIpc) is 2.43. The van der Waals surface area contributed by atoms with Crippen LogP contribution in [0.25, 0.3) is 0 Å². The number of nitrogens with one attached hydrogen (secondary N) is 1. The second-order valence-electron chi connectivity index (χ2n) is 4.70. The molecule has 19 heavy (non-hydrogen) atoms. The van der Waals surface area contributed by atoms with Crippen LogP contribution in [0.5, 0.6) is 0 Å². The van der Waals surface area contributed by atoms with Crippen LogP contribution in [0.1, 0.15) is 23.6 Å². The molecule has 1 aromatic carbocycles. The third kappa shape index (κ3) is 2.79. The first-order chi connectivity index (χ1) is 9.24. The van der Waals surface area contributed by atoms with Gasteiger partial charge >= 0.3 is 0 Å². The van der Waals surface area contributed by atoms with Gasteiger partial charge in [-0.15, -0.1) is 11.8 Å². The summed E-state index contributed by atoms with van der Waals surface area (Å²) in [5.74, 6) is 1.16. The van der Waals surface area contributed by atoms with Gasteiger partial charge < -0.3 is 5.32 Å². The Hall–Kier alpha value is -1.00. The molecule has 1 atom stereocenters. The number of halogens is 1. The Kier molecular flexibility index (Phi) is 3.80. The van der Waals surface area contributed by atoms with E-state index in [2.05, 4.69) is 63.5 Å². The molecule has 3 rings (SSSR count). The molecule has 4 heteroatoms. The Bertz CT molecular complexity index is 600. The van der Waals surface area contributed by atoms with Crippen LogP contribution in [0.4, 0.5) is 5.69 Å². The van der Waals surface area contributed by atoms with E-state index in [-0.39, 0.29) is 0 Å². The molecule has 2 nitrogen and oxygen atoms in total. The van der Waals surface area contributed by atoms with Crippen molar-refractivity contribution in [1.29, 1.82) is 0 Å². The third-order valence-electron chi connectivity index (χ3n) is 3.31. The van der Waals surface area contributed by atoms with Crippen molar-refractivity contribution < 1.29 is 0 Å². The van der Waals surface area contributed by atoms with Crippen LogP contribution < -0.4 is 5.32 Å². The number of fused-ring (bicyclic) bond motifs is 1. The molecule has 1 aromatic heterocycles. The van der Waals surface area contributed by atoms with Gasteiger partial charge in [0.15, 0.2) is 0 Å². The van der Waals surface area contributed by atoms with Crippen LogP contribution in [-0.4, -0.2) is 10.7 Å². The first kappa shape index (κ1) is 13.0. The first-order valence-electron chi connectivity index (χ1n) is 6.34. The van der Waals surface area contributed by atoms with Crippen molar-refractivity contribution in [3.8, 4) is 0 Å². The summed E-state index contributed by atoms with van der Waals surface area (Å²) in [7, 11) is 0. The molecular formula is C15H15BrN2S. The molecule has 2 aromatic rings. The monoisotopic (exact) mass is 334 g/mol. The zero-order valence-corrected chi connectivity index (χ0v) is 13.1. The molecule has 2 heterocycles. The van der Waals surface area contributed by atoms with Crippen molar-refractivity contribution in [2.45, 2.75) is 24.3 Å². The van der Waals surface area contributed by atoms with E-state index in [9.17, 15) is 0 Å². The van der Waals surface area contributed by atoms with Crippen LogP contribution in [0.15, 0.2) is 46.0 Å². The highest BCUT2D eigenvalue weighted by Crippen LogP contribution is 2.37. The van der Waals surface area contributed by atoms with Crippen molar-refractivity contribution in [2.24, 2.45) is 0 Å². The summed E-state index contributed by atoms with van der Waals surface area (Å²) < 4.78 is 0.914. The van der Waals surface area contributed by atoms with E-state index in [4.69, 9.17) is 0 Å². The van der Waals surface area contributed by atoms with Gasteiger partial charge in [0.1, 0.15) is 4.60 Å². The fraction of sp³-hybridized carbons (Fsp3) is 0.267. The lowest BCUT2D eigenvalue weighted by Gasteiger charge is -2.26. The fourth-order valence-electron chi connectivity index (χ4n) is 2.33. The summed E-state index contributed by atoms with van der Waals surface area (Å²) in [6.07, 6.45) is 3.04. The minimum Gasteiger partial charge on any atom is -0.377 e. The third-order valence-corrected chi connectivity index (χ3v) is 5.27. The standard InChI is InChI=1S/C15H15BrN2S/c1-10-8-11(9-17-15(10)16)18-13-6-7-19-14-5-3-2-4-12(13)14/h2-5,8-9,13,18H,6-7H2,1H3. The first-order valence-corrected chi connectivity index (χ1v) is 8.12. The average molecular weight is 335 g/mol. The van der Waals surface area contributed by atoms with Crippen LogP contribution in [0.3, 0.4) is 0 Å². The van der Waals surface area contributed by atoms with E-state index >= 15 is 0 Å². The molecule has 0 saturated heterocycles. The normalized spacial score (nSPS) is 17.9. The van der Waals surface area contributed by atoms with Crippen molar-refractivity contribution in [2.75, 3.05) is 11.1 Å². The zero-order chi connectivity index (χ0) is 13.2. The van der Waals surface area contributed by atoms with E-state index in [1.807, 2.05) is 18.0 Å². The second kappa shape index (κ2) is 5.55. The maximum Gasteiger partial charge on any atom is 0.109 e. The topological polar surface area (TPSA) is 24.9 Å². The van der Waals surface area contributed by atoms with Crippen LogP contribution in [0, 0.1) is 6.92 Å². The Balaban J connectivity index is 1.86. The van der Waals surface area contributed by atoms with Gasteiger partial charge in [-0.05, 0) is 52.5 Å². The predicted molar refractivity (Wildman–Crippen MR) is 84.8 cm³/mol.